The van der Waals surface area contributed by atoms with Crippen LogP contribution in [0.15, 0.2) is 0 Å². The molecular formula is C16H30N2O. The van der Waals surface area contributed by atoms with E-state index in [0.29, 0.717) is 11.6 Å². The van der Waals surface area contributed by atoms with Crippen LogP contribution in [0.4, 0.5) is 0 Å². The molecule has 0 amide bonds. The highest BCUT2D eigenvalue weighted by molar-refractivity contribution is 5.01. The molecule has 2 unspecified atom stereocenters. The topological polar surface area (TPSA) is 24.5 Å². The summed E-state index contributed by atoms with van der Waals surface area (Å²) in [6.45, 7) is 9.24. The third-order valence-electron chi connectivity index (χ3n) is 5.86. The maximum Gasteiger partial charge on any atom is 0.0469 e. The summed E-state index contributed by atoms with van der Waals surface area (Å²) in [6.07, 6.45) is 8.12. The lowest BCUT2D eigenvalue weighted by atomic mass is 9.86. The Bertz CT molecular complexity index is 295. The Kier molecular flexibility index (Phi) is 4.16. The summed E-state index contributed by atoms with van der Waals surface area (Å²) >= 11 is 0. The summed E-state index contributed by atoms with van der Waals surface area (Å²) in [5.74, 6) is 0.841. The van der Waals surface area contributed by atoms with E-state index in [-0.39, 0.29) is 0 Å². The van der Waals surface area contributed by atoms with Crippen molar-refractivity contribution in [3.8, 4) is 0 Å². The zero-order valence-electron chi connectivity index (χ0n) is 12.7. The molecule has 2 saturated heterocycles. The number of nitrogens with one attached hydrogen (secondary N) is 1. The van der Waals surface area contributed by atoms with Crippen LogP contribution in [0.5, 0.6) is 0 Å². The van der Waals surface area contributed by atoms with Gasteiger partial charge in [-0.3, -0.25) is 4.90 Å². The minimum Gasteiger partial charge on any atom is -0.381 e. The Balaban J connectivity index is 1.66. The van der Waals surface area contributed by atoms with Crippen molar-refractivity contribution in [1.82, 2.24) is 10.2 Å². The fraction of sp³-hybridized carbons (Fsp3) is 1.00. The normalized spacial score (nSPS) is 34.7. The fourth-order valence-electron chi connectivity index (χ4n) is 4.44. The minimum atomic E-state index is 0.450. The van der Waals surface area contributed by atoms with Crippen LogP contribution in [-0.2, 0) is 4.74 Å². The van der Waals surface area contributed by atoms with Crippen LogP contribution >= 0.6 is 0 Å². The van der Waals surface area contributed by atoms with Crippen LogP contribution in [-0.4, -0.2) is 48.8 Å². The van der Waals surface area contributed by atoms with E-state index in [4.69, 9.17) is 4.74 Å². The maximum atomic E-state index is 5.53. The van der Waals surface area contributed by atoms with Gasteiger partial charge in [0.25, 0.3) is 0 Å². The average Bonchev–Trinajstić information content (AvgIpc) is 2.90. The van der Waals surface area contributed by atoms with Gasteiger partial charge in [0.2, 0.25) is 0 Å². The number of ether oxygens (including phenoxy) is 1. The summed E-state index contributed by atoms with van der Waals surface area (Å²) in [7, 11) is 0. The molecule has 2 heterocycles. The second-order valence-corrected chi connectivity index (χ2v) is 7.08. The number of hydrogen-bond donors (Lipinski definition) is 1. The molecule has 2 aliphatic heterocycles. The van der Waals surface area contributed by atoms with E-state index in [1.165, 1.54) is 51.6 Å². The quantitative estimate of drug-likeness (QED) is 0.830. The maximum absolute atomic E-state index is 5.53. The van der Waals surface area contributed by atoms with Gasteiger partial charge < -0.3 is 10.1 Å². The number of hydrogen-bond acceptors (Lipinski definition) is 3. The Hall–Kier alpha value is -0.120. The first-order valence-electron chi connectivity index (χ1n) is 8.29. The third-order valence-corrected chi connectivity index (χ3v) is 5.86. The number of rotatable bonds is 2. The van der Waals surface area contributed by atoms with Gasteiger partial charge >= 0.3 is 0 Å². The summed E-state index contributed by atoms with van der Waals surface area (Å²) < 4.78 is 5.53. The lowest BCUT2D eigenvalue weighted by Crippen LogP contribution is -2.65. The van der Waals surface area contributed by atoms with E-state index in [2.05, 4.69) is 24.1 Å². The Morgan fingerprint density at radius 2 is 1.89 bits per heavy atom. The van der Waals surface area contributed by atoms with Gasteiger partial charge in [-0.25, -0.2) is 0 Å². The van der Waals surface area contributed by atoms with E-state index < -0.39 is 0 Å². The van der Waals surface area contributed by atoms with Gasteiger partial charge in [-0.15, -0.1) is 0 Å². The van der Waals surface area contributed by atoms with Crippen molar-refractivity contribution < 1.29 is 4.74 Å². The zero-order chi connectivity index (χ0) is 13.3. The molecular weight excluding hydrogens is 236 g/mol. The molecule has 0 bridgehead atoms. The number of piperazine rings is 1. The van der Waals surface area contributed by atoms with E-state index >= 15 is 0 Å². The first-order chi connectivity index (χ1) is 9.20. The van der Waals surface area contributed by atoms with Gasteiger partial charge in [0, 0.05) is 43.9 Å². The van der Waals surface area contributed by atoms with Crippen molar-refractivity contribution in [2.75, 3.05) is 26.3 Å². The molecule has 1 N–H and O–H groups in total. The molecule has 2 atom stereocenters. The molecule has 1 saturated carbocycles. The van der Waals surface area contributed by atoms with Crippen LogP contribution in [0.2, 0.25) is 0 Å². The van der Waals surface area contributed by atoms with Crippen molar-refractivity contribution in [2.24, 2.45) is 5.92 Å². The lowest BCUT2D eigenvalue weighted by Gasteiger charge is -2.50. The van der Waals surface area contributed by atoms with Gasteiger partial charge in [0.15, 0.2) is 0 Å². The lowest BCUT2D eigenvalue weighted by molar-refractivity contribution is -0.00678. The SMILES string of the molecule is CC1CNC2(CCCC2)CN1C(C)C1CCOCC1. The van der Waals surface area contributed by atoms with Gasteiger partial charge in [-0.05, 0) is 45.4 Å². The third kappa shape index (κ3) is 2.84. The second-order valence-electron chi connectivity index (χ2n) is 7.08. The average molecular weight is 266 g/mol. The van der Waals surface area contributed by atoms with Crippen molar-refractivity contribution in [1.29, 1.82) is 0 Å². The molecule has 0 aromatic heterocycles. The van der Waals surface area contributed by atoms with Gasteiger partial charge in [0.1, 0.15) is 0 Å². The van der Waals surface area contributed by atoms with Crippen LogP contribution in [0.25, 0.3) is 0 Å². The summed E-state index contributed by atoms with van der Waals surface area (Å²) in [5.41, 5.74) is 0.450. The van der Waals surface area contributed by atoms with E-state index in [1.54, 1.807) is 0 Å². The second kappa shape index (κ2) is 5.71. The summed E-state index contributed by atoms with van der Waals surface area (Å²) in [5, 5.41) is 3.87. The monoisotopic (exact) mass is 266 g/mol. The zero-order valence-corrected chi connectivity index (χ0v) is 12.7. The fourth-order valence-corrected chi connectivity index (χ4v) is 4.44. The molecule has 3 rings (SSSR count). The van der Waals surface area contributed by atoms with Crippen molar-refractivity contribution in [3.63, 3.8) is 0 Å². The molecule has 3 heteroatoms. The van der Waals surface area contributed by atoms with Crippen molar-refractivity contribution in [2.45, 2.75) is 70.0 Å². The molecule has 19 heavy (non-hydrogen) atoms. The smallest absolute Gasteiger partial charge is 0.0469 e. The van der Waals surface area contributed by atoms with Crippen molar-refractivity contribution >= 4 is 0 Å². The van der Waals surface area contributed by atoms with Crippen LogP contribution in [0.1, 0.15) is 52.4 Å². The van der Waals surface area contributed by atoms with Gasteiger partial charge in [-0.2, -0.15) is 0 Å². The predicted octanol–water partition coefficient (Wildman–Crippen LogP) is 2.41. The first kappa shape index (κ1) is 13.8. The summed E-state index contributed by atoms with van der Waals surface area (Å²) in [6, 6.07) is 1.41. The molecule has 110 valence electrons. The first-order valence-corrected chi connectivity index (χ1v) is 8.29. The van der Waals surface area contributed by atoms with Crippen LogP contribution < -0.4 is 5.32 Å². The predicted molar refractivity (Wildman–Crippen MR) is 78.4 cm³/mol. The molecule has 0 aromatic carbocycles. The minimum absolute atomic E-state index is 0.450. The Morgan fingerprint density at radius 3 is 2.58 bits per heavy atom. The van der Waals surface area contributed by atoms with Crippen LogP contribution in [0.3, 0.4) is 0 Å². The van der Waals surface area contributed by atoms with E-state index in [9.17, 15) is 0 Å². The van der Waals surface area contributed by atoms with E-state index in [0.717, 1.165) is 25.2 Å². The Morgan fingerprint density at radius 1 is 1.21 bits per heavy atom. The standard InChI is InChI=1S/C16H30N2O/c1-13-11-17-16(7-3-4-8-16)12-18(13)14(2)15-5-9-19-10-6-15/h13-15,17H,3-12H2,1-2H3. The highest BCUT2D eigenvalue weighted by Crippen LogP contribution is 2.35. The largest absolute Gasteiger partial charge is 0.381 e. The number of nitrogens with zero attached hydrogens (tertiary/aromatic N) is 1. The summed E-state index contributed by atoms with van der Waals surface area (Å²) in [4.78, 5) is 2.80. The van der Waals surface area contributed by atoms with E-state index in [1.807, 2.05) is 0 Å². The highest BCUT2D eigenvalue weighted by atomic mass is 16.5. The Labute approximate surface area is 118 Å². The highest BCUT2D eigenvalue weighted by Gasteiger charge is 2.42. The van der Waals surface area contributed by atoms with Crippen LogP contribution in [0, 0.1) is 5.92 Å². The van der Waals surface area contributed by atoms with Crippen molar-refractivity contribution in [3.05, 3.63) is 0 Å². The molecule has 1 spiro atoms. The molecule has 3 fully saturated rings. The molecule has 0 radical (unpaired) electrons. The molecule has 3 aliphatic rings. The van der Waals surface area contributed by atoms with Gasteiger partial charge in [-0.1, -0.05) is 12.8 Å². The molecule has 3 nitrogen and oxygen atoms in total. The molecule has 1 aliphatic carbocycles. The van der Waals surface area contributed by atoms with Gasteiger partial charge in [0.05, 0.1) is 0 Å². The molecule has 0 aromatic rings.